The van der Waals surface area contributed by atoms with E-state index in [1.807, 2.05) is 0 Å². The van der Waals surface area contributed by atoms with Crippen molar-refractivity contribution in [1.82, 2.24) is 5.32 Å². The van der Waals surface area contributed by atoms with Crippen LogP contribution < -0.4 is 5.32 Å². The lowest BCUT2D eigenvalue weighted by atomic mass is 10.2. The fourth-order valence-electron chi connectivity index (χ4n) is 1.13. The zero-order valence-corrected chi connectivity index (χ0v) is 9.20. The van der Waals surface area contributed by atoms with Crippen molar-refractivity contribution in [3.8, 4) is 0 Å². The number of nitrogens with one attached hydrogen (secondary N) is 1. The summed E-state index contributed by atoms with van der Waals surface area (Å²) in [7, 11) is 0. The minimum atomic E-state index is -4.21. The molecule has 0 fully saturated rings. The second-order valence-electron chi connectivity index (χ2n) is 3.48. The Morgan fingerprint density at radius 2 is 1.80 bits per heavy atom. The first-order valence-corrected chi connectivity index (χ1v) is 5.41. The summed E-state index contributed by atoms with van der Waals surface area (Å²) < 4.78 is 39.3. The summed E-state index contributed by atoms with van der Waals surface area (Å²) in [5.74, 6) is 0. The number of rotatable bonds is 9. The largest absolute Gasteiger partial charge is 0.411 e. The average molecular weight is 227 g/mol. The molecule has 0 aromatic carbocycles. The van der Waals surface area contributed by atoms with Crippen LogP contribution in [0.15, 0.2) is 0 Å². The van der Waals surface area contributed by atoms with Crippen molar-refractivity contribution in [3.05, 3.63) is 0 Å². The summed E-state index contributed by atoms with van der Waals surface area (Å²) >= 11 is 0. The van der Waals surface area contributed by atoms with Crippen LogP contribution in [0.2, 0.25) is 0 Å². The Hall–Kier alpha value is -0.290. The average Bonchev–Trinajstić information content (AvgIpc) is 2.14. The van der Waals surface area contributed by atoms with Gasteiger partial charge in [0.05, 0.1) is 6.61 Å². The zero-order chi connectivity index (χ0) is 11.6. The number of alkyl halides is 3. The molecule has 2 nitrogen and oxygen atoms in total. The Kier molecular flexibility index (Phi) is 8.80. The maximum atomic E-state index is 11.6. The molecule has 0 unspecified atom stereocenters. The molecule has 0 atom stereocenters. The van der Waals surface area contributed by atoms with Gasteiger partial charge in [-0.05, 0) is 13.0 Å². The molecule has 0 rings (SSSR count). The number of halogens is 3. The standard InChI is InChI=1S/C10H20F3NO/c1-2-3-4-5-6-14-7-8-15-9-10(11,12)13/h14H,2-9H2,1H3. The molecule has 0 aromatic heterocycles. The van der Waals surface area contributed by atoms with Crippen LogP contribution in [-0.4, -0.2) is 32.5 Å². The van der Waals surface area contributed by atoms with Crippen molar-refractivity contribution in [2.45, 2.75) is 38.8 Å². The highest BCUT2D eigenvalue weighted by atomic mass is 19.4. The van der Waals surface area contributed by atoms with Crippen molar-refractivity contribution in [1.29, 1.82) is 0 Å². The van der Waals surface area contributed by atoms with E-state index in [1.54, 1.807) is 0 Å². The van der Waals surface area contributed by atoms with E-state index in [4.69, 9.17) is 0 Å². The lowest BCUT2D eigenvalue weighted by molar-refractivity contribution is -0.173. The smallest absolute Gasteiger partial charge is 0.371 e. The van der Waals surface area contributed by atoms with Gasteiger partial charge in [0, 0.05) is 6.54 Å². The van der Waals surface area contributed by atoms with E-state index < -0.39 is 12.8 Å². The minimum absolute atomic E-state index is 0.118. The van der Waals surface area contributed by atoms with Gasteiger partial charge < -0.3 is 10.1 Å². The molecule has 0 spiro atoms. The first-order valence-electron chi connectivity index (χ1n) is 5.41. The predicted octanol–water partition coefficient (Wildman–Crippen LogP) is 2.74. The topological polar surface area (TPSA) is 21.3 Å². The van der Waals surface area contributed by atoms with Gasteiger partial charge in [0.2, 0.25) is 0 Å². The van der Waals surface area contributed by atoms with Gasteiger partial charge in [-0.15, -0.1) is 0 Å². The van der Waals surface area contributed by atoms with Crippen LogP contribution in [0.5, 0.6) is 0 Å². The van der Waals surface area contributed by atoms with Gasteiger partial charge >= 0.3 is 6.18 Å². The normalized spacial score (nSPS) is 12.0. The highest BCUT2D eigenvalue weighted by molar-refractivity contribution is 4.50. The molecule has 0 amide bonds. The Morgan fingerprint density at radius 1 is 1.07 bits per heavy atom. The second kappa shape index (κ2) is 8.97. The third kappa shape index (κ3) is 13.7. The van der Waals surface area contributed by atoms with Crippen LogP contribution in [0, 0.1) is 0 Å². The molecule has 0 aliphatic carbocycles. The highest BCUT2D eigenvalue weighted by Gasteiger charge is 2.26. The Bertz CT molecular complexity index is 139. The van der Waals surface area contributed by atoms with E-state index in [2.05, 4.69) is 17.0 Å². The molecule has 5 heteroatoms. The first kappa shape index (κ1) is 14.7. The molecular formula is C10H20F3NO. The first-order chi connectivity index (χ1) is 7.06. The van der Waals surface area contributed by atoms with E-state index in [-0.39, 0.29) is 6.61 Å². The maximum Gasteiger partial charge on any atom is 0.411 e. The minimum Gasteiger partial charge on any atom is -0.371 e. The van der Waals surface area contributed by atoms with Gasteiger partial charge in [0.25, 0.3) is 0 Å². The molecule has 1 N–H and O–H groups in total. The fourth-order valence-corrected chi connectivity index (χ4v) is 1.13. The molecule has 0 heterocycles. The molecule has 0 saturated carbocycles. The molecule has 15 heavy (non-hydrogen) atoms. The molecule has 0 aliphatic heterocycles. The summed E-state index contributed by atoms with van der Waals surface area (Å²) in [6.07, 6.45) is 0.447. The maximum absolute atomic E-state index is 11.6. The zero-order valence-electron chi connectivity index (χ0n) is 9.20. The lowest BCUT2D eigenvalue weighted by Gasteiger charge is -2.08. The summed E-state index contributed by atoms with van der Waals surface area (Å²) in [4.78, 5) is 0. The van der Waals surface area contributed by atoms with Crippen molar-refractivity contribution in [2.75, 3.05) is 26.3 Å². The third-order valence-electron chi connectivity index (χ3n) is 1.90. The van der Waals surface area contributed by atoms with Crippen molar-refractivity contribution >= 4 is 0 Å². The lowest BCUT2D eigenvalue weighted by Crippen LogP contribution is -2.24. The number of hydrogen-bond donors (Lipinski definition) is 1. The van der Waals surface area contributed by atoms with Gasteiger partial charge in [0.15, 0.2) is 0 Å². The third-order valence-corrected chi connectivity index (χ3v) is 1.90. The summed E-state index contributed by atoms with van der Waals surface area (Å²) in [5, 5.41) is 3.04. The quantitative estimate of drug-likeness (QED) is 0.611. The van der Waals surface area contributed by atoms with Crippen molar-refractivity contribution < 1.29 is 17.9 Å². The SMILES string of the molecule is CCCCCCNCCOCC(F)(F)F. The molecule has 0 bridgehead atoms. The van der Waals surface area contributed by atoms with Crippen molar-refractivity contribution in [3.63, 3.8) is 0 Å². The van der Waals surface area contributed by atoms with Crippen LogP contribution in [0.3, 0.4) is 0 Å². The summed E-state index contributed by atoms with van der Waals surface area (Å²) in [5.41, 5.74) is 0. The Morgan fingerprint density at radius 3 is 2.40 bits per heavy atom. The van der Waals surface area contributed by atoms with Crippen LogP contribution in [0.25, 0.3) is 0 Å². The van der Waals surface area contributed by atoms with Gasteiger partial charge in [-0.2, -0.15) is 13.2 Å². The molecule has 0 saturated heterocycles. The molecule has 0 radical (unpaired) electrons. The molecular weight excluding hydrogens is 207 g/mol. The number of hydrogen-bond acceptors (Lipinski definition) is 2. The predicted molar refractivity (Wildman–Crippen MR) is 53.9 cm³/mol. The fraction of sp³-hybridized carbons (Fsp3) is 1.00. The summed E-state index contributed by atoms with van der Waals surface area (Å²) in [6, 6.07) is 0. The van der Waals surface area contributed by atoms with Gasteiger partial charge in [-0.3, -0.25) is 0 Å². The van der Waals surface area contributed by atoms with Crippen LogP contribution >= 0.6 is 0 Å². The second-order valence-corrected chi connectivity index (χ2v) is 3.48. The van der Waals surface area contributed by atoms with Crippen LogP contribution in [0.1, 0.15) is 32.6 Å². The van der Waals surface area contributed by atoms with Gasteiger partial charge in [-0.1, -0.05) is 26.2 Å². The van der Waals surface area contributed by atoms with E-state index in [9.17, 15) is 13.2 Å². The van der Waals surface area contributed by atoms with Crippen molar-refractivity contribution in [2.24, 2.45) is 0 Å². The number of unbranched alkanes of at least 4 members (excludes halogenated alkanes) is 3. The van der Waals surface area contributed by atoms with E-state index in [0.29, 0.717) is 6.54 Å². The van der Waals surface area contributed by atoms with Crippen LogP contribution in [-0.2, 0) is 4.74 Å². The Balaban J connectivity index is 2.99. The van der Waals surface area contributed by atoms with E-state index in [1.165, 1.54) is 19.3 Å². The van der Waals surface area contributed by atoms with Gasteiger partial charge in [0.1, 0.15) is 6.61 Å². The van der Waals surface area contributed by atoms with Crippen LogP contribution in [0.4, 0.5) is 13.2 Å². The van der Waals surface area contributed by atoms with Gasteiger partial charge in [-0.25, -0.2) is 0 Å². The van der Waals surface area contributed by atoms with E-state index >= 15 is 0 Å². The molecule has 0 aromatic rings. The van der Waals surface area contributed by atoms with E-state index in [0.717, 1.165) is 13.0 Å². The molecule has 92 valence electrons. The molecule has 0 aliphatic rings. The highest BCUT2D eigenvalue weighted by Crippen LogP contribution is 2.13. The monoisotopic (exact) mass is 227 g/mol. The Labute approximate surface area is 89.2 Å². The number of ether oxygens (including phenoxy) is 1. The summed E-state index contributed by atoms with van der Waals surface area (Å²) in [6.45, 7) is 2.45.